The molecule has 0 aliphatic carbocycles. The van der Waals surface area contributed by atoms with E-state index in [0.717, 1.165) is 44.0 Å². The smallest absolute Gasteiger partial charge is 0.151 e. The van der Waals surface area contributed by atoms with E-state index in [1.165, 1.54) is 0 Å². The zero-order chi connectivity index (χ0) is 14.3. The van der Waals surface area contributed by atoms with Crippen LogP contribution < -0.4 is 10.2 Å². The molecular formula is C15H28N4. The summed E-state index contributed by atoms with van der Waals surface area (Å²) in [5.41, 5.74) is 1.10. The first-order valence-corrected chi connectivity index (χ1v) is 7.29. The van der Waals surface area contributed by atoms with Crippen molar-refractivity contribution in [1.82, 2.24) is 15.5 Å². The van der Waals surface area contributed by atoms with Crippen molar-refractivity contribution in [3.63, 3.8) is 0 Å². The fourth-order valence-corrected chi connectivity index (χ4v) is 1.85. The van der Waals surface area contributed by atoms with Gasteiger partial charge in [-0.15, -0.1) is 5.10 Å². The third-order valence-electron chi connectivity index (χ3n) is 2.82. The quantitative estimate of drug-likeness (QED) is 0.822. The molecule has 0 atom stereocenters. The molecule has 1 rings (SSSR count). The van der Waals surface area contributed by atoms with E-state index in [4.69, 9.17) is 0 Å². The number of hydrogen-bond acceptors (Lipinski definition) is 4. The second kappa shape index (κ2) is 7.43. The maximum absolute atomic E-state index is 4.35. The molecule has 0 bridgehead atoms. The highest BCUT2D eigenvalue weighted by atomic mass is 15.3. The first-order valence-electron chi connectivity index (χ1n) is 7.29. The van der Waals surface area contributed by atoms with Crippen LogP contribution in [0.4, 0.5) is 5.82 Å². The minimum Gasteiger partial charge on any atom is -0.355 e. The van der Waals surface area contributed by atoms with E-state index < -0.39 is 0 Å². The topological polar surface area (TPSA) is 41.0 Å². The lowest BCUT2D eigenvalue weighted by molar-refractivity contribution is 0.420. The molecule has 0 aliphatic rings. The molecular weight excluding hydrogens is 236 g/mol. The van der Waals surface area contributed by atoms with E-state index in [1.807, 2.05) is 0 Å². The lowest BCUT2D eigenvalue weighted by Gasteiger charge is -2.22. The Labute approximate surface area is 117 Å². The molecule has 0 aliphatic heterocycles. The number of rotatable bonds is 7. The van der Waals surface area contributed by atoms with Gasteiger partial charge in [-0.3, -0.25) is 0 Å². The first-order chi connectivity index (χ1) is 8.96. The Hall–Kier alpha value is -1.16. The number of hydrogen-bond donors (Lipinski definition) is 1. The van der Waals surface area contributed by atoms with E-state index in [2.05, 4.69) is 67.2 Å². The standard InChI is InChI=1S/C15H28N4/c1-6-10-19(11-7-2)14-9-8-13(17-18-14)12-16-15(3,4)5/h8-9,16H,6-7,10-12H2,1-5H3. The van der Waals surface area contributed by atoms with E-state index in [0.29, 0.717) is 0 Å². The fourth-order valence-electron chi connectivity index (χ4n) is 1.85. The van der Waals surface area contributed by atoms with Crippen molar-refractivity contribution in [2.45, 2.75) is 59.5 Å². The SMILES string of the molecule is CCCN(CCC)c1ccc(CNC(C)(C)C)nn1. The Kier molecular flexibility index (Phi) is 6.22. The number of nitrogens with one attached hydrogen (secondary N) is 1. The number of aromatic nitrogens is 2. The molecule has 0 saturated carbocycles. The van der Waals surface area contributed by atoms with Crippen LogP contribution in [0.25, 0.3) is 0 Å². The van der Waals surface area contributed by atoms with Gasteiger partial charge < -0.3 is 10.2 Å². The molecule has 0 unspecified atom stereocenters. The minimum atomic E-state index is 0.108. The predicted octanol–water partition coefficient (Wildman–Crippen LogP) is 2.99. The minimum absolute atomic E-state index is 0.108. The van der Waals surface area contributed by atoms with Gasteiger partial charge in [-0.25, -0.2) is 0 Å². The summed E-state index contributed by atoms with van der Waals surface area (Å²) in [6, 6.07) is 4.15. The number of anilines is 1. The molecule has 4 heteroatoms. The van der Waals surface area contributed by atoms with Crippen LogP contribution in [0.5, 0.6) is 0 Å². The average molecular weight is 264 g/mol. The zero-order valence-corrected chi connectivity index (χ0v) is 13.0. The zero-order valence-electron chi connectivity index (χ0n) is 13.0. The average Bonchev–Trinajstić information content (AvgIpc) is 2.36. The van der Waals surface area contributed by atoms with Crippen molar-refractivity contribution in [3.05, 3.63) is 17.8 Å². The van der Waals surface area contributed by atoms with Gasteiger partial charge in [0, 0.05) is 25.2 Å². The molecule has 0 radical (unpaired) electrons. The van der Waals surface area contributed by atoms with Gasteiger partial charge in [0.25, 0.3) is 0 Å². The summed E-state index contributed by atoms with van der Waals surface area (Å²) in [7, 11) is 0. The molecule has 0 spiro atoms. The molecule has 0 aromatic carbocycles. The molecule has 19 heavy (non-hydrogen) atoms. The van der Waals surface area contributed by atoms with Gasteiger partial charge in [-0.2, -0.15) is 5.10 Å². The Morgan fingerprint density at radius 2 is 1.68 bits per heavy atom. The molecule has 1 aromatic rings. The highest BCUT2D eigenvalue weighted by Gasteiger charge is 2.10. The third kappa shape index (κ3) is 6.01. The maximum atomic E-state index is 4.35. The number of nitrogens with zero attached hydrogens (tertiary/aromatic N) is 3. The molecule has 0 amide bonds. The Balaban J connectivity index is 2.63. The summed E-state index contributed by atoms with van der Waals surface area (Å²) in [6.45, 7) is 13.7. The Morgan fingerprint density at radius 3 is 2.11 bits per heavy atom. The molecule has 1 heterocycles. The highest BCUT2D eigenvalue weighted by Crippen LogP contribution is 2.11. The third-order valence-corrected chi connectivity index (χ3v) is 2.82. The van der Waals surface area contributed by atoms with E-state index in [-0.39, 0.29) is 5.54 Å². The molecule has 4 nitrogen and oxygen atoms in total. The van der Waals surface area contributed by atoms with Crippen LogP contribution in [0.3, 0.4) is 0 Å². The largest absolute Gasteiger partial charge is 0.355 e. The summed E-state index contributed by atoms with van der Waals surface area (Å²) in [5, 5.41) is 12.1. The Morgan fingerprint density at radius 1 is 1.05 bits per heavy atom. The monoisotopic (exact) mass is 264 g/mol. The predicted molar refractivity (Wildman–Crippen MR) is 81.4 cm³/mol. The lowest BCUT2D eigenvalue weighted by atomic mass is 10.1. The lowest BCUT2D eigenvalue weighted by Crippen LogP contribution is -2.35. The van der Waals surface area contributed by atoms with Crippen LogP contribution in [0, 0.1) is 0 Å². The first kappa shape index (κ1) is 15.9. The summed E-state index contributed by atoms with van der Waals surface area (Å²) in [6.07, 6.45) is 2.27. The van der Waals surface area contributed by atoms with Crippen LogP contribution in [0.2, 0.25) is 0 Å². The van der Waals surface area contributed by atoms with Crippen LogP contribution in [0.15, 0.2) is 12.1 Å². The molecule has 0 saturated heterocycles. The molecule has 0 fully saturated rings. The van der Waals surface area contributed by atoms with Gasteiger partial charge in [0.1, 0.15) is 0 Å². The normalized spacial score (nSPS) is 11.6. The van der Waals surface area contributed by atoms with E-state index >= 15 is 0 Å². The fraction of sp³-hybridized carbons (Fsp3) is 0.733. The van der Waals surface area contributed by atoms with E-state index in [1.54, 1.807) is 0 Å². The molecule has 108 valence electrons. The van der Waals surface area contributed by atoms with Crippen molar-refractivity contribution in [1.29, 1.82) is 0 Å². The summed E-state index contributed by atoms with van der Waals surface area (Å²) >= 11 is 0. The van der Waals surface area contributed by atoms with Gasteiger partial charge in [0.2, 0.25) is 0 Å². The second-order valence-electron chi connectivity index (χ2n) is 5.97. The second-order valence-corrected chi connectivity index (χ2v) is 5.97. The van der Waals surface area contributed by atoms with Crippen molar-refractivity contribution in [3.8, 4) is 0 Å². The van der Waals surface area contributed by atoms with Crippen molar-refractivity contribution < 1.29 is 0 Å². The van der Waals surface area contributed by atoms with Crippen molar-refractivity contribution in [2.24, 2.45) is 0 Å². The van der Waals surface area contributed by atoms with Gasteiger partial charge in [0.15, 0.2) is 5.82 Å². The van der Waals surface area contributed by atoms with Gasteiger partial charge in [0.05, 0.1) is 5.69 Å². The summed E-state index contributed by atoms with van der Waals surface area (Å²) < 4.78 is 0. The summed E-state index contributed by atoms with van der Waals surface area (Å²) in [4.78, 5) is 2.30. The van der Waals surface area contributed by atoms with E-state index in [9.17, 15) is 0 Å². The Bertz CT molecular complexity index is 347. The summed E-state index contributed by atoms with van der Waals surface area (Å²) in [5.74, 6) is 0.989. The van der Waals surface area contributed by atoms with Crippen molar-refractivity contribution >= 4 is 5.82 Å². The molecule has 1 N–H and O–H groups in total. The van der Waals surface area contributed by atoms with Crippen LogP contribution in [-0.4, -0.2) is 28.8 Å². The van der Waals surface area contributed by atoms with Crippen LogP contribution in [-0.2, 0) is 6.54 Å². The van der Waals surface area contributed by atoms with Crippen LogP contribution >= 0.6 is 0 Å². The van der Waals surface area contributed by atoms with Gasteiger partial charge in [-0.05, 0) is 45.7 Å². The molecule has 1 aromatic heterocycles. The highest BCUT2D eigenvalue weighted by molar-refractivity contribution is 5.37. The van der Waals surface area contributed by atoms with Crippen LogP contribution in [0.1, 0.15) is 53.2 Å². The maximum Gasteiger partial charge on any atom is 0.151 e. The van der Waals surface area contributed by atoms with Crippen molar-refractivity contribution in [2.75, 3.05) is 18.0 Å². The van der Waals surface area contributed by atoms with Gasteiger partial charge >= 0.3 is 0 Å². The van der Waals surface area contributed by atoms with Gasteiger partial charge in [-0.1, -0.05) is 13.8 Å².